The molecule has 5 rings (SSSR count). The number of pyridine rings is 1. The first-order chi connectivity index (χ1) is 16.6. The van der Waals surface area contributed by atoms with Crippen molar-refractivity contribution >= 4 is 16.9 Å². The minimum atomic E-state index is -0.425. The third kappa shape index (κ3) is 4.14. The number of hydrogen-bond donors (Lipinski definition) is 1. The highest BCUT2D eigenvalue weighted by atomic mass is 19.1. The number of piperidine rings is 1. The SMILES string of the molecule is COc1ccc(-c2ccc3nc(N4CCC(N)CC4)nc(-c4ccc(C#N)nc4)c3c2)cc1F. The summed E-state index contributed by atoms with van der Waals surface area (Å²) in [6.07, 6.45) is 3.42. The predicted molar refractivity (Wildman–Crippen MR) is 129 cm³/mol. The Balaban J connectivity index is 1.65. The zero-order valence-electron chi connectivity index (χ0n) is 18.7. The smallest absolute Gasteiger partial charge is 0.226 e. The van der Waals surface area contributed by atoms with Crippen LogP contribution in [-0.2, 0) is 0 Å². The lowest BCUT2D eigenvalue weighted by atomic mass is 10.0. The van der Waals surface area contributed by atoms with E-state index in [-0.39, 0.29) is 11.8 Å². The van der Waals surface area contributed by atoms with Crippen LogP contribution in [0.5, 0.6) is 5.75 Å². The topological polar surface area (TPSA) is 101 Å². The zero-order valence-corrected chi connectivity index (χ0v) is 18.7. The van der Waals surface area contributed by atoms with Gasteiger partial charge in [0, 0.05) is 36.3 Å². The van der Waals surface area contributed by atoms with Crippen molar-refractivity contribution in [2.24, 2.45) is 5.73 Å². The lowest BCUT2D eigenvalue weighted by molar-refractivity contribution is 0.386. The van der Waals surface area contributed by atoms with Crippen LogP contribution in [0.25, 0.3) is 33.3 Å². The number of fused-ring (bicyclic) bond motifs is 1. The molecule has 1 saturated heterocycles. The van der Waals surface area contributed by atoms with E-state index in [4.69, 9.17) is 25.7 Å². The minimum Gasteiger partial charge on any atom is -0.494 e. The third-order valence-electron chi connectivity index (χ3n) is 6.14. The molecule has 2 aromatic carbocycles. The summed E-state index contributed by atoms with van der Waals surface area (Å²) in [6.45, 7) is 1.59. The van der Waals surface area contributed by atoms with Crippen molar-refractivity contribution in [1.82, 2.24) is 15.0 Å². The van der Waals surface area contributed by atoms with E-state index >= 15 is 0 Å². The van der Waals surface area contributed by atoms with Crippen LogP contribution in [0.4, 0.5) is 10.3 Å². The molecule has 34 heavy (non-hydrogen) atoms. The summed E-state index contributed by atoms with van der Waals surface area (Å²) in [5, 5.41) is 9.95. The highest BCUT2D eigenvalue weighted by molar-refractivity contribution is 5.96. The van der Waals surface area contributed by atoms with Crippen molar-refractivity contribution in [2.45, 2.75) is 18.9 Å². The Morgan fingerprint density at radius 3 is 2.44 bits per heavy atom. The van der Waals surface area contributed by atoms with Crippen molar-refractivity contribution in [3.63, 3.8) is 0 Å². The fraction of sp³-hybridized carbons (Fsp3) is 0.231. The number of nitrogens with two attached hydrogens (primary N) is 1. The third-order valence-corrected chi connectivity index (χ3v) is 6.14. The quantitative estimate of drug-likeness (QED) is 0.490. The van der Waals surface area contributed by atoms with Crippen LogP contribution in [0, 0.1) is 17.1 Å². The van der Waals surface area contributed by atoms with Gasteiger partial charge in [0.25, 0.3) is 0 Å². The van der Waals surface area contributed by atoms with Crippen molar-refractivity contribution < 1.29 is 9.13 Å². The second kappa shape index (κ2) is 9.04. The van der Waals surface area contributed by atoms with E-state index in [2.05, 4.69) is 9.88 Å². The molecule has 170 valence electrons. The first kappa shape index (κ1) is 21.7. The number of ether oxygens (including phenoxy) is 1. The molecule has 0 amide bonds. The largest absolute Gasteiger partial charge is 0.494 e. The Morgan fingerprint density at radius 1 is 1.03 bits per heavy atom. The number of halogens is 1. The fourth-order valence-electron chi connectivity index (χ4n) is 4.20. The van der Waals surface area contributed by atoms with E-state index in [0.717, 1.165) is 53.5 Å². The molecule has 0 unspecified atom stereocenters. The second-order valence-electron chi connectivity index (χ2n) is 8.32. The van der Waals surface area contributed by atoms with Crippen LogP contribution in [-0.4, -0.2) is 41.2 Å². The molecule has 2 aromatic heterocycles. The molecule has 0 aliphatic carbocycles. The zero-order chi connectivity index (χ0) is 23.7. The summed E-state index contributed by atoms with van der Waals surface area (Å²) in [4.78, 5) is 16.1. The van der Waals surface area contributed by atoms with Crippen LogP contribution in [0.15, 0.2) is 54.7 Å². The predicted octanol–water partition coefficient (Wildman–Crippen LogP) is 4.31. The molecule has 1 aliphatic heterocycles. The standard InChI is InChI=1S/C26H23FN6O/c1-34-24-7-4-17(13-22(24)27)16-3-6-23-21(12-16)25(18-2-5-20(14-28)30-15-18)32-26(31-23)33-10-8-19(29)9-11-33/h2-7,12-13,15,19H,8-11,29H2,1H3. The lowest BCUT2D eigenvalue weighted by Gasteiger charge is -2.30. The number of aromatic nitrogens is 3. The van der Waals surface area contributed by atoms with Gasteiger partial charge in [0.05, 0.1) is 18.3 Å². The molecule has 3 heterocycles. The first-order valence-corrected chi connectivity index (χ1v) is 11.1. The van der Waals surface area contributed by atoms with Gasteiger partial charge in [0.1, 0.15) is 11.8 Å². The molecule has 8 heteroatoms. The highest BCUT2D eigenvalue weighted by Crippen LogP contribution is 2.33. The van der Waals surface area contributed by atoms with Gasteiger partial charge in [0.2, 0.25) is 5.95 Å². The Morgan fingerprint density at radius 2 is 1.76 bits per heavy atom. The summed E-state index contributed by atoms with van der Waals surface area (Å²) >= 11 is 0. The number of anilines is 1. The molecule has 0 saturated carbocycles. The van der Waals surface area contributed by atoms with Gasteiger partial charge < -0.3 is 15.4 Å². The summed E-state index contributed by atoms with van der Waals surface area (Å²) in [5.74, 6) is 0.414. The number of benzene rings is 2. The molecule has 1 aliphatic rings. The number of nitrogens with zero attached hydrogens (tertiary/aromatic N) is 5. The van der Waals surface area contributed by atoms with Gasteiger partial charge in [0.15, 0.2) is 11.6 Å². The molecule has 0 atom stereocenters. The Hall–Kier alpha value is -4.09. The van der Waals surface area contributed by atoms with Crippen LogP contribution < -0.4 is 15.4 Å². The van der Waals surface area contributed by atoms with Crippen molar-refractivity contribution in [1.29, 1.82) is 5.26 Å². The highest BCUT2D eigenvalue weighted by Gasteiger charge is 2.21. The monoisotopic (exact) mass is 454 g/mol. The number of methoxy groups -OCH3 is 1. The number of hydrogen-bond acceptors (Lipinski definition) is 7. The van der Waals surface area contributed by atoms with E-state index < -0.39 is 5.82 Å². The van der Waals surface area contributed by atoms with Crippen molar-refractivity contribution in [2.75, 3.05) is 25.1 Å². The van der Waals surface area contributed by atoms with E-state index in [1.165, 1.54) is 13.2 Å². The maximum absolute atomic E-state index is 14.4. The average molecular weight is 455 g/mol. The fourth-order valence-corrected chi connectivity index (χ4v) is 4.20. The van der Waals surface area contributed by atoms with E-state index in [1.54, 1.807) is 18.3 Å². The number of rotatable bonds is 4. The summed E-state index contributed by atoms with van der Waals surface area (Å²) in [7, 11) is 1.44. The van der Waals surface area contributed by atoms with Gasteiger partial charge in [-0.1, -0.05) is 12.1 Å². The maximum atomic E-state index is 14.4. The molecule has 4 aromatic rings. The lowest BCUT2D eigenvalue weighted by Crippen LogP contribution is -2.40. The van der Waals surface area contributed by atoms with E-state index in [1.807, 2.05) is 36.4 Å². The van der Waals surface area contributed by atoms with Crippen molar-refractivity contribution in [3.8, 4) is 34.2 Å². The van der Waals surface area contributed by atoms with Gasteiger partial charge in [-0.25, -0.2) is 19.3 Å². The molecule has 1 fully saturated rings. The van der Waals surface area contributed by atoms with Gasteiger partial charge >= 0.3 is 0 Å². The van der Waals surface area contributed by atoms with E-state index in [0.29, 0.717) is 17.3 Å². The van der Waals surface area contributed by atoms with Crippen molar-refractivity contribution in [3.05, 3.63) is 66.2 Å². The Kier molecular flexibility index (Phi) is 5.78. The molecule has 2 N–H and O–H groups in total. The van der Waals surface area contributed by atoms with Crippen LogP contribution >= 0.6 is 0 Å². The van der Waals surface area contributed by atoms with Crippen LogP contribution in [0.2, 0.25) is 0 Å². The molecular weight excluding hydrogens is 431 g/mol. The molecule has 0 bridgehead atoms. The van der Waals surface area contributed by atoms with E-state index in [9.17, 15) is 4.39 Å². The minimum absolute atomic E-state index is 0.197. The summed E-state index contributed by atoms with van der Waals surface area (Å²) in [6, 6.07) is 16.4. The maximum Gasteiger partial charge on any atom is 0.226 e. The number of nitriles is 1. The Bertz CT molecular complexity index is 1390. The van der Waals surface area contributed by atoms with Crippen LogP contribution in [0.1, 0.15) is 18.5 Å². The first-order valence-electron chi connectivity index (χ1n) is 11.1. The van der Waals surface area contributed by atoms with Gasteiger partial charge in [-0.2, -0.15) is 5.26 Å². The summed E-state index contributed by atoms with van der Waals surface area (Å²) < 4.78 is 19.4. The second-order valence-corrected chi connectivity index (χ2v) is 8.32. The molecular formula is C26H23FN6O. The molecule has 0 spiro atoms. The average Bonchev–Trinajstić information content (AvgIpc) is 2.88. The summed E-state index contributed by atoms with van der Waals surface area (Å²) in [5.41, 5.74) is 10.2. The van der Waals surface area contributed by atoms with Crippen LogP contribution in [0.3, 0.4) is 0 Å². The van der Waals surface area contributed by atoms with Gasteiger partial charge in [-0.3, -0.25) is 0 Å². The van der Waals surface area contributed by atoms with Gasteiger partial charge in [-0.15, -0.1) is 0 Å². The normalized spacial score (nSPS) is 14.2. The molecule has 7 nitrogen and oxygen atoms in total. The van der Waals surface area contributed by atoms with Gasteiger partial charge in [-0.05, 0) is 60.4 Å². The Labute approximate surface area is 196 Å². The molecule has 0 radical (unpaired) electrons.